The van der Waals surface area contributed by atoms with Gasteiger partial charge in [0.1, 0.15) is 5.82 Å². The van der Waals surface area contributed by atoms with E-state index in [0.29, 0.717) is 45.1 Å². The lowest BCUT2D eigenvalue weighted by Crippen LogP contribution is -2.40. The van der Waals surface area contributed by atoms with Crippen LogP contribution >= 0.6 is 23.2 Å². The Morgan fingerprint density at radius 1 is 0.970 bits per heavy atom. The van der Waals surface area contributed by atoms with Crippen molar-refractivity contribution in [2.24, 2.45) is 13.0 Å². The first-order valence-corrected chi connectivity index (χ1v) is 11.9. The third-order valence-corrected chi connectivity index (χ3v) is 7.09. The molecule has 0 atom stereocenters. The number of fused-ring (bicyclic) bond motifs is 1. The lowest BCUT2D eigenvalue weighted by molar-refractivity contribution is 0.315. The van der Waals surface area contributed by atoms with E-state index in [-0.39, 0.29) is 5.69 Å². The van der Waals surface area contributed by atoms with Crippen molar-refractivity contribution in [2.75, 3.05) is 0 Å². The molecule has 1 fully saturated rings. The Hall–Kier alpha value is -2.83. The first-order valence-electron chi connectivity index (χ1n) is 11.2. The van der Waals surface area contributed by atoms with Gasteiger partial charge in [-0.15, -0.1) is 0 Å². The lowest BCUT2D eigenvalue weighted by Gasteiger charge is -2.22. The quantitative estimate of drug-likeness (QED) is 0.389. The van der Waals surface area contributed by atoms with Crippen LogP contribution in [0.4, 0.5) is 0 Å². The molecule has 2 aromatic heterocycles. The van der Waals surface area contributed by atoms with E-state index in [1.54, 1.807) is 27.3 Å². The average Bonchev–Trinajstić information content (AvgIpc) is 3.22. The van der Waals surface area contributed by atoms with Gasteiger partial charge in [-0.25, -0.2) is 9.78 Å². The van der Waals surface area contributed by atoms with Crippen molar-refractivity contribution in [2.45, 2.75) is 38.6 Å². The summed E-state index contributed by atoms with van der Waals surface area (Å²) in [5, 5.41) is 1.10. The number of halogens is 2. The molecule has 0 saturated heterocycles. The minimum atomic E-state index is -0.393. The molecule has 0 radical (unpaired) electrons. The Labute approximate surface area is 201 Å². The smallest absolute Gasteiger partial charge is 0.286 e. The summed E-state index contributed by atoms with van der Waals surface area (Å²) in [4.78, 5) is 31.5. The summed E-state index contributed by atoms with van der Waals surface area (Å²) in [6, 6.07) is 14.6. The molecule has 5 rings (SSSR count). The second-order valence-corrected chi connectivity index (χ2v) is 9.50. The van der Waals surface area contributed by atoms with Gasteiger partial charge in [0, 0.05) is 29.9 Å². The molecule has 2 heterocycles. The van der Waals surface area contributed by atoms with Crippen molar-refractivity contribution in [3.05, 3.63) is 79.4 Å². The van der Waals surface area contributed by atoms with Crippen molar-refractivity contribution < 1.29 is 0 Å². The summed E-state index contributed by atoms with van der Waals surface area (Å²) in [5.41, 5.74) is 1.41. The van der Waals surface area contributed by atoms with Gasteiger partial charge in [-0.1, -0.05) is 54.6 Å². The van der Waals surface area contributed by atoms with Gasteiger partial charge in [-0.2, -0.15) is 0 Å². The molecule has 0 unspecified atom stereocenters. The third-order valence-electron chi connectivity index (χ3n) is 6.50. The molecule has 2 aromatic carbocycles. The zero-order valence-electron chi connectivity index (χ0n) is 18.3. The predicted octanol–water partition coefficient (Wildman–Crippen LogP) is 5.44. The highest BCUT2D eigenvalue weighted by Gasteiger charge is 2.25. The first-order chi connectivity index (χ1) is 16.0. The molecule has 1 saturated carbocycles. The van der Waals surface area contributed by atoms with E-state index in [0.717, 1.165) is 18.5 Å². The van der Waals surface area contributed by atoms with Crippen LogP contribution in [0, 0.1) is 5.92 Å². The molecular weight excluding hydrogens is 459 g/mol. The van der Waals surface area contributed by atoms with Gasteiger partial charge >= 0.3 is 5.69 Å². The van der Waals surface area contributed by atoms with E-state index in [9.17, 15) is 9.59 Å². The molecule has 1 aliphatic rings. The number of imidazole rings is 1. The molecule has 4 aromatic rings. The maximum atomic E-state index is 13.4. The van der Waals surface area contributed by atoms with Crippen LogP contribution < -0.4 is 11.2 Å². The summed E-state index contributed by atoms with van der Waals surface area (Å²) < 4.78 is 4.63. The predicted molar refractivity (Wildman–Crippen MR) is 133 cm³/mol. The second kappa shape index (κ2) is 8.84. The summed E-state index contributed by atoms with van der Waals surface area (Å²) >= 11 is 12.7. The third kappa shape index (κ3) is 3.91. The van der Waals surface area contributed by atoms with E-state index >= 15 is 0 Å². The van der Waals surface area contributed by atoms with Crippen LogP contribution in [0.1, 0.15) is 32.1 Å². The minimum Gasteiger partial charge on any atom is -0.286 e. The Morgan fingerprint density at radius 3 is 2.36 bits per heavy atom. The van der Waals surface area contributed by atoms with E-state index in [2.05, 4.69) is 0 Å². The molecule has 170 valence electrons. The van der Waals surface area contributed by atoms with Crippen LogP contribution in [0.3, 0.4) is 0 Å². The first kappa shape index (κ1) is 22.0. The second-order valence-electron chi connectivity index (χ2n) is 8.66. The van der Waals surface area contributed by atoms with Gasteiger partial charge in [0.2, 0.25) is 0 Å². The maximum Gasteiger partial charge on any atom is 0.332 e. The molecule has 0 N–H and O–H groups in total. The molecule has 8 heteroatoms. The Bertz CT molecular complexity index is 1440. The standard InChI is InChI=1S/C25H24Cl2N4O2/c1-29-24(32)21-23(30(25(29)33)15-16-7-3-2-4-8-16)28-22(19-9-5-6-10-20(19)27)31(21)18-13-11-17(26)12-14-18/h5-6,9-14,16H,2-4,7-8,15H2,1H3. The van der Waals surface area contributed by atoms with E-state index in [1.165, 1.54) is 30.9 Å². The van der Waals surface area contributed by atoms with Gasteiger partial charge in [-0.05, 0) is 55.2 Å². The van der Waals surface area contributed by atoms with Crippen LogP contribution in [-0.2, 0) is 13.6 Å². The van der Waals surface area contributed by atoms with Gasteiger partial charge in [0.15, 0.2) is 11.2 Å². The Kier molecular flexibility index (Phi) is 5.89. The summed E-state index contributed by atoms with van der Waals surface area (Å²) in [6.45, 7) is 0.545. The van der Waals surface area contributed by atoms with Crippen molar-refractivity contribution in [1.29, 1.82) is 0 Å². The number of aromatic nitrogens is 4. The highest BCUT2D eigenvalue weighted by atomic mass is 35.5. The molecule has 0 spiro atoms. The number of benzene rings is 2. The Balaban J connectivity index is 1.85. The van der Waals surface area contributed by atoms with Crippen molar-refractivity contribution in [3.8, 4) is 17.1 Å². The number of hydrogen-bond donors (Lipinski definition) is 0. The topological polar surface area (TPSA) is 61.8 Å². The van der Waals surface area contributed by atoms with E-state index < -0.39 is 5.56 Å². The van der Waals surface area contributed by atoms with Gasteiger partial charge in [0.05, 0.1) is 5.02 Å². The van der Waals surface area contributed by atoms with Crippen LogP contribution in [0.2, 0.25) is 10.0 Å². The average molecular weight is 483 g/mol. The van der Waals surface area contributed by atoms with Gasteiger partial charge < -0.3 is 0 Å². The fourth-order valence-electron chi connectivity index (χ4n) is 4.76. The van der Waals surface area contributed by atoms with Crippen LogP contribution in [0.5, 0.6) is 0 Å². The fraction of sp³-hybridized carbons (Fsp3) is 0.320. The van der Waals surface area contributed by atoms with Crippen molar-refractivity contribution >= 4 is 34.4 Å². The SMILES string of the molecule is Cn1c(=O)c2c(nc(-c3ccccc3Cl)n2-c2ccc(Cl)cc2)n(CC2CCCCC2)c1=O. The molecule has 0 bridgehead atoms. The molecule has 33 heavy (non-hydrogen) atoms. The van der Waals surface area contributed by atoms with Crippen LogP contribution in [0.15, 0.2) is 58.1 Å². The van der Waals surface area contributed by atoms with Crippen LogP contribution in [0.25, 0.3) is 28.2 Å². The van der Waals surface area contributed by atoms with Crippen molar-refractivity contribution in [3.63, 3.8) is 0 Å². The van der Waals surface area contributed by atoms with E-state index in [4.69, 9.17) is 28.2 Å². The fourth-order valence-corrected chi connectivity index (χ4v) is 5.11. The summed E-state index contributed by atoms with van der Waals surface area (Å²) in [6.07, 6.45) is 5.71. The highest BCUT2D eigenvalue weighted by Crippen LogP contribution is 2.32. The summed E-state index contributed by atoms with van der Waals surface area (Å²) in [5.74, 6) is 0.902. The largest absolute Gasteiger partial charge is 0.332 e. The number of rotatable bonds is 4. The van der Waals surface area contributed by atoms with Gasteiger partial charge in [-0.3, -0.25) is 18.5 Å². The highest BCUT2D eigenvalue weighted by molar-refractivity contribution is 6.33. The molecule has 0 amide bonds. The lowest BCUT2D eigenvalue weighted by atomic mass is 9.89. The zero-order valence-corrected chi connectivity index (χ0v) is 19.8. The van der Waals surface area contributed by atoms with Gasteiger partial charge in [0.25, 0.3) is 5.56 Å². The monoisotopic (exact) mass is 482 g/mol. The Morgan fingerprint density at radius 2 is 1.67 bits per heavy atom. The maximum absolute atomic E-state index is 13.4. The molecule has 6 nitrogen and oxygen atoms in total. The normalized spacial score (nSPS) is 14.8. The number of hydrogen-bond acceptors (Lipinski definition) is 3. The van der Waals surface area contributed by atoms with Crippen molar-refractivity contribution in [1.82, 2.24) is 18.7 Å². The zero-order chi connectivity index (χ0) is 23.1. The number of nitrogens with zero attached hydrogens (tertiary/aromatic N) is 4. The van der Waals surface area contributed by atoms with Crippen LogP contribution in [-0.4, -0.2) is 18.7 Å². The summed E-state index contributed by atoms with van der Waals surface area (Å²) in [7, 11) is 1.52. The minimum absolute atomic E-state index is 0.343. The molecular formula is C25H24Cl2N4O2. The molecule has 1 aliphatic carbocycles. The molecule has 0 aliphatic heterocycles. The van der Waals surface area contributed by atoms with E-state index in [1.807, 2.05) is 30.3 Å².